The topological polar surface area (TPSA) is 84.7 Å². The third kappa shape index (κ3) is 5.34. The van der Waals surface area contributed by atoms with Crippen LogP contribution in [0, 0.1) is 5.92 Å². The Kier molecular flexibility index (Phi) is 7.73. The van der Waals surface area contributed by atoms with E-state index in [0.29, 0.717) is 35.2 Å². The van der Waals surface area contributed by atoms with E-state index in [1.807, 2.05) is 43.3 Å². The zero-order chi connectivity index (χ0) is 24.9. The highest BCUT2D eigenvalue weighted by Crippen LogP contribution is 2.44. The molecule has 4 rings (SSSR count). The zero-order valence-electron chi connectivity index (χ0n) is 19.9. The molecule has 3 aromatic rings. The summed E-state index contributed by atoms with van der Waals surface area (Å²) in [5.74, 6) is -0.0207. The molecule has 0 aliphatic carbocycles. The van der Waals surface area contributed by atoms with Gasteiger partial charge in [0.05, 0.1) is 18.6 Å². The summed E-state index contributed by atoms with van der Waals surface area (Å²) in [6.07, 6.45) is 0.763. The van der Waals surface area contributed by atoms with Gasteiger partial charge in [-0.05, 0) is 80.1 Å². The number of amides is 1. The SMILES string of the molecule is CC(=O)N(c1ccc(Cl)cc1)[C@H]1c2ccccc2N[C@@H](C)C1C(=O)c1ccc(OCCCN)cc1. The maximum absolute atomic E-state index is 14.0. The number of nitrogens with zero attached hydrogens (tertiary/aromatic N) is 1. The van der Waals surface area contributed by atoms with E-state index in [9.17, 15) is 9.59 Å². The molecule has 3 aromatic carbocycles. The van der Waals surface area contributed by atoms with E-state index in [-0.39, 0.29) is 17.7 Å². The second kappa shape index (κ2) is 10.9. The van der Waals surface area contributed by atoms with E-state index < -0.39 is 12.0 Å². The molecule has 7 heteroatoms. The average Bonchev–Trinajstić information content (AvgIpc) is 2.85. The second-order valence-electron chi connectivity index (χ2n) is 8.74. The van der Waals surface area contributed by atoms with E-state index >= 15 is 0 Å². The summed E-state index contributed by atoms with van der Waals surface area (Å²) in [5.41, 5.74) is 8.60. The van der Waals surface area contributed by atoms with Gasteiger partial charge in [-0.25, -0.2) is 0 Å². The van der Waals surface area contributed by atoms with Crippen LogP contribution in [0.5, 0.6) is 5.75 Å². The van der Waals surface area contributed by atoms with Crippen LogP contribution in [0.3, 0.4) is 0 Å². The summed E-state index contributed by atoms with van der Waals surface area (Å²) >= 11 is 6.11. The number of ether oxygens (including phenoxy) is 1. The molecule has 0 bridgehead atoms. The molecule has 3 N–H and O–H groups in total. The van der Waals surface area contributed by atoms with Gasteiger partial charge in [0.1, 0.15) is 5.75 Å². The summed E-state index contributed by atoms with van der Waals surface area (Å²) in [6, 6.07) is 21.4. The second-order valence-corrected chi connectivity index (χ2v) is 9.17. The lowest BCUT2D eigenvalue weighted by atomic mass is 9.77. The fraction of sp³-hybridized carbons (Fsp3) is 0.286. The largest absolute Gasteiger partial charge is 0.494 e. The first-order valence-electron chi connectivity index (χ1n) is 11.8. The number of nitrogens with one attached hydrogen (secondary N) is 1. The number of anilines is 2. The normalized spacial score (nSPS) is 18.8. The highest BCUT2D eigenvalue weighted by Gasteiger charge is 2.43. The van der Waals surface area contributed by atoms with Gasteiger partial charge in [0.25, 0.3) is 0 Å². The van der Waals surface area contributed by atoms with Crippen molar-refractivity contribution in [1.29, 1.82) is 0 Å². The summed E-state index contributed by atoms with van der Waals surface area (Å²) in [6.45, 7) is 4.60. The Morgan fingerprint density at radius 2 is 1.71 bits per heavy atom. The third-order valence-corrected chi connectivity index (χ3v) is 6.57. The Balaban J connectivity index is 1.74. The zero-order valence-corrected chi connectivity index (χ0v) is 20.7. The number of halogens is 1. The van der Waals surface area contributed by atoms with Crippen LogP contribution in [-0.4, -0.2) is 30.9 Å². The molecule has 6 nitrogen and oxygen atoms in total. The minimum absolute atomic E-state index is 0.0433. The summed E-state index contributed by atoms with van der Waals surface area (Å²) in [5, 5.41) is 4.06. The molecule has 1 heterocycles. The summed E-state index contributed by atoms with van der Waals surface area (Å²) in [4.78, 5) is 28.7. The standard InChI is InChI=1S/C28H30ClN3O3/c1-18-26(28(34)20-8-14-23(15-9-20)35-17-5-16-30)27(24-6-3-4-7-25(24)31-18)32(19(2)33)22-12-10-21(29)11-13-22/h3-4,6-15,18,26-27,31H,5,16-17,30H2,1-2H3/t18-,26?,27-/m0/s1. The number of benzene rings is 3. The molecule has 1 aliphatic heterocycles. The quantitative estimate of drug-likeness (QED) is 0.322. The van der Waals surface area contributed by atoms with Crippen molar-refractivity contribution in [1.82, 2.24) is 0 Å². The number of para-hydroxylation sites is 1. The number of rotatable bonds is 8. The van der Waals surface area contributed by atoms with E-state index in [1.54, 1.807) is 41.3 Å². The number of Topliss-reactive ketones (excluding diaryl/α,β-unsaturated/α-hetero) is 1. The van der Waals surface area contributed by atoms with Crippen LogP contribution in [-0.2, 0) is 4.79 Å². The van der Waals surface area contributed by atoms with Gasteiger partial charge in [-0.3, -0.25) is 9.59 Å². The van der Waals surface area contributed by atoms with Gasteiger partial charge >= 0.3 is 0 Å². The van der Waals surface area contributed by atoms with Crippen LogP contribution >= 0.6 is 11.6 Å². The molecule has 182 valence electrons. The smallest absolute Gasteiger partial charge is 0.224 e. The minimum Gasteiger partial charge on any atom is -0.494 e. The Labute approximate surface area is 211 Å². The molecule has 0 saturated carbocycles. The van der Waals surface area contributed by atoms with Crippen LogP contribution in [0.1, 0.15) is 42.2 Å². The van der Waals surface area contributed by atoms with Gasteiger partial charge in [0, 0.05) is 34.9 Å². The monoisotopic (exact) mass is 491 g/mol. The molecule has 1 unspecified atom stereocenters. The summed E-state index contributed by atoms with van der Waals surface area (Å²) in [7, 11) is 0. The van der Waals surface area contributed by atoms with Gasteiger partial charge in [-0.15, -0.1) is 0 Å². The van der Waals surface area contributed by atoms with Crippen LogP contribution < -0.4 is 20.7 Å². The molecule has 0 aromatic heterocycles. The first kappa shape index (κ1) is 24.8. The molecule has 1 aliphatic rings. The lowest BCUT2D eigenvalue weighted by molar-refractivity contribution is -0.117. The molecular formula is C28H30ClN3O3. The molecular weight excluding hydrogens is 462 g/mol. The molecule has 0 radical (unpaired) electrons. The fourth-order valence-electron chi connectivity index (χ4n) is 4.68. The van der Waals surface area contributed by atoms with Crippen molar-refractivity contribution >= 4 is 34.7 Å². The fourth-order valence-corrected chi connectivity index (χ4v) is 4.81. The van der Waals surface area contributed by atoms with E-state index in [2.05, 4.69) is 5.32 Å². The first-order chi connectivity index (χ1) is 16.9. The number of carbonyl (C=O) groups is 2. The number of hydrogen-bond donors (Lipinski definition) is 2. The number of ketones is 1. The number of nitrogens with two attached hydrogens (primary N) is 1. The Morgan fingerprint density at radius 1 is 1.03 bits per heavy atom. The van der Waals surface area contributed by atoms with Gasteiger partial charge in [0.2, 0.25) is 5.91 Å². The van der Waals surface area contributed by atoms with Gasteiger partial charge in [0.15, 0.2) is 5.78 Å². The average molecular weight is 492 g/mol. The first-order valence-corrected chi connectivity index (χ1v) is 12.2. The van der Waals surface area contributed by atoms with Crippen LogP contribution in [0.15, 0.2) is 72.8 Å². The van der Waals surface area contributed by atoms with Crippen molar-refractivity contribution in [3.8, 4) is 5.75 Å². The molecule has 0 saturated heterocycles. The van der Waals surface area contributed by atoms with Crippen LogP contribution in [0.2, 0.25) is 5.02 Å². The van der Waals surface area contributed by atoms with Gasteiger partial charge < -0.3 is 20.7 Å². The van der Waals surface area contributed by atoms with Crippen molar-refractivity contribution in [3.63, 3.8) is 0 Å². The van der Waals surface area contributed by atoms with Gasteiger partial charge in [-0.2, -0.15) is 0 Å². The van der Waals surface area contributed by atoms with Crippen LogP contribution in [0.4, 0.5) is 11.4 Å². The van der Waals surface area contributed by atoms with Gasteiger partial charge in [-0.1, -0.05) is 29.8 Å². The molecule has 3 atom stereocenters. The Bertz CT molecular complexity index is 1180. The van der Waals surface area contributed by atoms with Crippen molar-refractivity contribution in [2.45, 2.75) is 32.4 Å². The highest BCUT2D eigenvalue weighted by molar-refractivity contribution is 6.30. The lowest BCUT2D eigenvalue weighted by Crippen LogP contribution is -2.49. The molecule has 0 spiro atoms. The molecule has 35 heavy (non-hydrogen) atoms. The van der Waals surface area contributed by atoms with E-state index in [1.165, 1.54) is 6.92 Å². The molecule has 1 amide bonds. The minimum atomic E-state index is -0.520. The number of carbonyl (C=O) groups excluding carboxylic acids is 2. The Morgan fingerprint density at radius 3 is 2.37 bits per heavy atom. The Hall–Kier alpha value is -3.35. The maximum Gasteiger partial charge on any atom is 0.224 e. The van der Waals surface area contributed by atoms with Crippen molar-refractivity contribution in [2.75, 3.05) is 23.4 Å². The number of hydrogen-bond acceptors (Lipinski definition) is 5. The van der Waals surface area contributed by atoms with Crippen molar-refractivity contribution in [2.24, 2.45) is 11.7 Å². The highest BCUT2D eigenvalue weighted by atomic mass is 35.5. The number of fused-ring (bicyclic) bond motifs is 1. The predicted octanol–water partition coefficient (Wildman–Crippen LogP) is 5.47. The third-order valence-electron chi connectivity index (χ3n) is 6.32. The van der Waals surface area contributed by atoms with E-state index in [4.69, 9.17) is 22.1 Å². The maximum atomic E-state index is 14.0. The predicted molar refractivity (Wildman–Crippen MR) is 140 cm³/mol. The van der Waals surface area contributed by atoms with Crippen LogP contribution in [0.25, 0.3) is 0 Å². The van der Waals surface area contributed by atoms with Crippen molar-refractivity contribution < 1.29 is 14.3 Å². The molecule has 0 fully saturated rings. The van der Waals surface area contributed by atoms with Crippen molar-refractivity contribution in [3.05, 3.63) is 88.9 Å². The lowest BCUT2D eigenvalue weighted by Gasteiger charge is -2.43. The summed E-state index contributed by atoms with van der Waals surface area (Å²) < 4.78 is 5.69. The van der Waals surface area contributed by atoms with E-state index in [0.717, 1.165) is 17.7 Å².